The fraction of sp³-hybridized carbons (Fsp3) is 0.500. The Bertz CT molecular complexity index is 880. The largest absolute Gasteiger partial charge is 0.763 e. The summed E-state index contributed by atoms with van der Waals surface area (Å²) in [7, 11) is 4.64. The van der Waals surface area contributed by atoms with Crippen LogP contribution < -0.4 is 5.32 Å². The molecule has 1 saturated carbocycles. The van der Waals surface area contributed by atoms with Crippen LogP contribution in [0, 0.1) is 5.41 Å². The molecule has 1 aromatic heterocycles. The molecule has 7 nitrogen and oxygen atoms in total. The Morgan fingerprint density at radius 1 is 1.13 bits per heavy atom. The third-order valence-corrected chi connectivity index (χ3v) is 5.47. The van der Waals surface area contributed by atoms with Gasteiger partial charge in [-0.3, -0.25) is 20.3 Å². The number of quaternary nitrogens is 1. The second kappa shape index (κ2) is 10.4. The molecular formula is C24H32N4O3. The van der Waals surface area contributed by atoms with E-state index in [4.69, 9.17) is 5.41 Å². The van der Waals surface area contributed by atoms with Crippen molar-refractivity contribution in [2.24, 2.45) is 5.41 Å². The first-order valence-corrected chi connectivity index (χ1v) is 10.6. The second-order valence-electron chi connectivity index (χ2n) is 9.56. The summed E-state index contributed by atoms with van der Waals surface area (Å²) >= 11 is 0. The number of Topliss-reactive ketones (excluding diaryl/α,β-unsaturated/α-hetero) is 2. The molecule has 1 amide bonds. The van der Waals surface area contributed by atoms with Crippen molar-refractivity contribution in [2.45, 2.75) is 46.0 Å². The maximum Gasteiger partial charge on any atom is 0.262 e. The lowest BCUT2D eigenvalue weighted by Gasteiger charge is -2.33. The van der Waals surface area contributed by atoms with E-state index in [9.17, 15) is 14.4 Å². The highest BCUT2D eigenvalue weighted by Crippen LogP contribution is 2.33. The molecule has 1 aromatic rings. The number of aromatic nitrogens is 1. The van der Waals surface area contributed by atoms with Crippen molar-refractivity contribution in [1.29, 1.82) is 0 Å². The van der Waals surface area contributed by atoms with Gasteiger partial charge >= 0.3 is 0 Å². The number of likely N-dealkylation sites (tertiary alicyclic amines) is 1. The van der Waals surface area contributed by atoms with Crippen LogP contribution in [0.15, 0.2) is 41.6 Å². The van der Waals surface area contributed by atoms with E-state index in [0.29, 0.717) is 0 Å². The molecule has 1 aliphatic carbocycles. The summed E-state index contributed by atoms with van der Waals surface area (Å²) in [5, 5.41) is 11.6. The van der Waals surface area contributed by atoms with Gasteiger partial charge in [-0.1, -0.05) is 19.9 Å². The third kappa shape index (κ3) is 7.70. The van der Waals surface area contributed by atoms with Crippen LogP contribution in [0.25, 0.3) is 5.41 Å². The van der Waals surface area contributed by atoms with Gasteiger partial charge in [-0.2, -0.15) is 0 Å². The number of rotatable bonds is 3. The number of carbonyl (C=O) groups excluding carboxylic acids is 3. The number of nitrogens with zero attached hydrogens (tertiary/aromatic N) is 3. The molecule has 0 aromatic carbocycles. The van der Waals surface area contributed by atoms with Crippen molar-refractivity contribution in [3.63, 3.8) is 0 Å². The number of allylic oxidation sites excluding steroid dienone is 1. The smallest absolute Gasteiger partial charge is 0.262 e. The van der Waals surface area contributed by atoms with Gasteiger partial charge in [0.15, 0.2) is 11.6 Å². The molecular weight excluding hydrogens is 392 g/mol. The Balaban J connectivity index is 0.000000357. The summed E-state index contributed by atoms with van der Waals surface area (Å²) in [4.78, 5) is 40.2. The van der Waals surface area contributed by atoms with Gasteiger partial charge in [-0.05, 0) is 42.9 Å². The minimum atomic E-state index is -0.705. The van der Waals surface area contributed by atoms with E-state index in [2.05, 4.69) is 24.4 Å². The van der Waals surface area contributed by atoms with Gasteiger partial charge in [0.25, 0.3) is 5.91 Å². The molecule has 31 heavy (non-hydrogen) atoms. The Hall–Kier alpha value is -2.89. The van der Waals surface area contributed by atoms with Gasteiger partial charge in [-0.15, -0.1) is 0 Å². The Labute approximate surface area is 184 Å². The van der Waals surface area contributed by atoms with Crippen LogP contribution >= 0.6 is 0 Å². The van der Waals surface area contributed by atoms with Crippen LogP contribution in [0.2, 0.25) is 0 Å². The van der Waals surface area contributed by atoms with Gasteiger partial charge in [0.05, 0.1) is 38.3 Å². The van der Waals surface area contributed by atoms with Crippen molar-refractivity contribution < 1.29 is 18.9 Å². The lowest BCUT2D eigenvalue weighted by atomic mass is 9.74. The number of piperidine rings is 1. The van der Waals surface area contributed by atoms with Gasteiger partial charge in [0, 0.05) is 19.0 Å². The first-order chi connectivity index (χ1) is 14.5. The molecule has 0 bridgehead atoms. The zero-order valence-electron chi connectivity index (χ0n) is 18.9. The molecule has 7 heteroatoms. The van der Waals surface area contributed by atoms with E-state index in [-0.39, 0.29) is 41.4 Å². The topological polar surface area (TPSA) is 98.4 Å². The van der Waals surface area contributed by atoms with Crippen LogP contribution in [0.3, 0.4) is 0 Å². The minimum absolute atomic E-state index is 0.0861. The van der Waals surface area contributed by atoms with E-state index in [1.54, 1.807) is 24.1 Å². The number of hydrogen-bond donors (Lipinski definition) is 1. The third-order valence-electron chi connectivity index (χ3n) is 5.47. The second-order valence-corrected chi connectivity index (χ2v) is 9.56. The SMILES string of the molecule is CC1(C)CC(=O)C(=CC(=C=[N-])C(=O)Nc2ccccn2)C(=O)C1.C[N+]1(C)CCCCC1. The van der Waals surface area contributed by atoms with Gasteiger partial charge < -0.3 is 15.2 Å². The standard InChI is InChI=1S/C17H16N3O3.C7H16N/c1-17(2)8-13(21)12(14(22)9-17)7-11(10-18)16(23)20-15-5-3-4-6-19-15;1-8(2)6-4-3-5-7-8/h3-7H,8-9H2,1-2H3,(H,19,20,23);3-7H2,1-2H3/q-1;+1. The molecule has 1 N–H and O–H groups in total. The molecule has 0 radical (unpaired) electrons. The molecule has 3 rings (SSSR count). The normalized spacial score (nSPS) is 19.4. The van der Waals surface area contributed by atoms with E-state index in [1.165, 1.54) is 43.0 Å². The fourth-order valence-corrected chi connectivity index (χ4v) is 3.72. The van der Waals surface area contributed by atoms with Crippen LogP contribution in [-0.2, 0) is 14.4 Å². The van der Waals surface area contributed by atoms with Crippen molar-refractivity contribution in [3.8, 4) is 0 Å². The number of amides is 1. The summed E-state index contributed by atoms with van der Waals surface area (Å²) in [5.41, 5.74) is -0.779. The average Bonchev–Trinajstić information content (AvgIpc) is 2.68. The Kier molecular flexibility index (Phi) is 8.20. The molecule has 0 spiro atoms. The lowest BCUT2D eigenvalue weighted by molar-refractivity contribution is -0.894. The molecule has 2 aliphatic rings. The number of pyridine rings is 1. The van der Waals surface area contributed by atoms with E-state index >= 15 is 0 Å². The van der Waals surface area contributed by atoms with E-state index in [1.807, 2.05) is 13.8 Å². The molecule has 2 fully saturated rings. The van der Waals surface area contributed by atoms with Gasteiger partial charge in [0.2, 0.25) is 0 Å². The Morgan fingerprint density at radius 3 is 2.19 bits per heavy atom. The summed E-state index contributed by atoms with van der Waals surface area (Å²) < 4.78 is 1.25. The monoisotopic (exact) mass is 424 g/mol. The van der Waals surface area contributed by atoms with E-state index < -0.39 is 11.3 Å². The highest BCUT2D eigenvalue weighted by atomic mass is 16.2. The predicted molar refractivity (Wildman–Crippen MR) is 122 cm³/mol. The lowest BCUT2D eigenvalue weighted by Crippen LogP contribution is -2.43. The highest BCUT2D eigenvalue weighted by Gasteiger charge is 2.35. The quantitative estimate of drug-likeness (QED) is 0.348. The summed E-state index contributed by atoms with van der Waals surface area (Å²) in [6.07, 6.45) is 7.34. The van der Waals surface area contributed by atoms with Crippen LogP contribution in [0.1, 0.15) is 46.0 Å². The average molecular weight is 425 g/mol. The zero-order valence-corrected chi connectivity index (χ0v) is 18.9. The van der Waals surface area contributed by atoms with Gasteiger partial charge in [0.1, 0.15) is 5.82 Å². The number of carbonyl (C=O) groups is 3. The number of hydrogen-bond acceptors (Lipinski definition) is 4. The molecule has 0 atom stereocenters. The first-order valence-electron chi connectivity index (χ1n) is 10.6. The summed E-state index contributed by atoms with van der Waals surface area (Å²) in [6.45, 7) is 6.45. The maximum atomic E-state index is 12.1. The number of ketones is 2. The maximum absolute atomic E-state index is 12.1. The van der Waals surface area contributed by atoms with Crippen LogP contribution in [-0.4, -0.2) is 60.0 Å². The highest BCUT2D eigenvalue weighted by molar-refractivity contribution is 6.24. The van der Waals surface area contributed by atoms with Crippen molar-refractivity contribution in [3.05, 3.63) is 47.0 Å². The summed E-state index contributed by atoms with van der Waals surface area (Å²) in [5.74, 6) is 0.620. The van der Waals surface area contributed by atoms with Crippen molar-refractivity contribution in [1.82, 2.24) is 4.98 Å². The van der Waals surface area contributed by atoms with Crippen molar-refractivity contribution in [2.75, 3.05) is 32.5 Å². The predicted octanol–water partition coefficient (Wildman–Crippen LogP) is 3.32. The molecule has 2 heterocycles. The first kappa shape index (κ1) is 24.4. The van der Waals surface area contributed by atoms with Crippen LogP contribution in [0.5, 0.6) is 0 Å². The molecule has 1 saturated heterocycles. The van der Waals surface area contributed by atoms with Crippen LogP contribution in [0.4, 0.5) is 5.82 Å². The Morgan fingerprint density at radius 2 is 1.74 bits per heavy atom. The summed E-state index contributed by atoms with van der Waals surface area (Å²) in [6, 6.07) is 4.94. The minimum Gasteiger partial charge on any atom is -0.763 e. The number of anilines is 1. The fourth-order valence-electron chi connectivity index (χ4n) is 3.72. The number of nitrogens with one attached hydrogen (secondary N) is 1. The van der Waals surface area contributed by atoms with E-state index in [0.717, 1.165) is 6.08 Å². The van der Waals surface area contributed by atoms with Gasteiger partial charge in [-0.25, -0.2) is 4.98 Å². The van der Waals surface area contributed by atoms with Crippen molar-refractivity contribution >= 4 is 29.2 Å². The molecule has 1 aliphatic heterocycles. The molecule has 166 valence electrons. The zero-order chi connectivity index (χ0) is 23.1. The molecule has 0 unspecified atom stereocenters.